The van der Waals surface area contributed by atoms with Crippen molar-refractivity contribution < 1.29 is 18.7 Å². The second kappa shape index (κ2) is 10.2. The van der Waals surface area contributed by atoms with Crippen molar-refractivity contribution in [2.24, 2.45) is 0 Å². The minimum atomic E-state index is -0.588. The normalized spacial score (nSPS) is 14.4. The zero-order valence-corrected chi connectivity index (χ0v) is 17.5. The summed E-state index contributed by atoms with van der Waals surface area (Å²) in [5.41, 5.74) is 1.65. The third-order valence-corrected chi connectivity index (χ3v) is 5.39. The summed E-state index contributed by atoms with van der Waals surface area (Å²) >= 11 is 0. The summed E-state index contributed by atoms with van der Waals surface area (Å²) < 4.78 is 19.3. The van der Waals surface area contributed by atoms with E-state index in [4.69, 9.17) is 0 Å². The van der Waals surface area contributed by atoms with Crippen molar-refractivity contribution in [3.8, 4) is 0 Å². The highest BCUT2D eigenvalue weighted by Crippen LogP contribution is 2.16. The molecule has 160 valence electrons. The zero-order chi connectivity index (χ0) is 21.5. The number of nitrogens with zero attached hydrogens (tertiary/aromatic N) is 3. The molecular formula is C23H28FN3O3. The number of methoxy groups -OCH3 is 1. The number of likely N-dealkylation sites (N-methyl/N-ethyl adjacent to an activating group) is 1. The van der Waals surface area contributed by atoms with Crippen LogP contribution in [-0.2, 0) is 17.7 Å². The van der Waals surface area contributed by atoms with Crippen molar-refractivity contribution in [2.75, 3.05) is 46.9 Å². The van der Waals surface area contributed by atoms with Crippen LogP contribution < -0.4 is 0 Å². The number of benzene rings is 2. The first-order chi connectivity index (χ1) is 14.5. The summed E-state index contributed by atoms with van der Waals surface area (Å²) in [4.78, 5) is 30.5. The van der Waals surface area contributed by atoms with Gasteiger partial charge >= 0.3 is 12.0 Å². The van der Waals surface area contributed by atoms with Gasteiger partial charge in [-0.2, -0.15) is 0 Å². The lowest BCUT2D eigenvalue weighted by Crippen LogP contribution is -2.52. The van der Waals surface area contributed by atoms with Gasteiger partial charge in [0.1, 0.15) is 5.82 Å². The van der Waals surface area contributed by atoms with Crippen LogP contribution in [0.2, 0.25) is 0 Å². The maximum atomic E-state index is 14.7. The molecule has 0 radical (unpaired) electrons. The predicted molar refractivity (Wildman–Crippen MR) is 113 cm³/mol. The lowest BCUT2D eigenvalue weighted by Gasteiger charge is -2.36. The number of carbonyl (C=O) groups is 2. The second-order valence-corrected chi connectivity index (χ2v) is 7.53. The highest BCUT2D eigenvalue weighted by atomic mass is 19.1. The summed E-state index contributed by atoms with van der Waals surface area (Å²) in [5, 5.41) is 0. The molecule has 0 atom stereocenters. The van der Waals surface area contributed by atoms with Gasteiger partial charge < -0.3 is 19.4 Å². The maximum absolute atomic E-state index is 14.7. The molecule has 0 saturated carbocycles. The minimum absolute atomic E-state index is 0.0875. The van der Waals surface area contributed by atoms with E-state index in [-0.39, 0.29) is 18.1 Å². The first kappa shape index (κ1) is 21.8. The number of hydrogen-bond acceptors (Lipinski definition) is 4. The third kappa shape index (κ3) is 5.57. The second-order valence-electron chi connectivity index (χ2n) is 7.53. The van der Waals surface area contributed by atoms with E-state index < -0.39 is 11.8 Å². The van der Waals surface area contributed by atoms with E-state index in [2.05, 4.69) is 9.64 Å². The van der Waals surface area contributed by atoms with E-state index >= 15 is 0 Å². The van der Waals surface area contributed by atoms with Gasteiger partial charge in [-0.15, -0.1) is 0 Å². The summed E-state index contributed by atoms with van der Waals surface area (Å²) in [6.45, 7) is 3.57. The lowest BCUT2D eigenvalue weighted by atomic mass is 10.1. The van der Waals surface area contributed by atoms with Crippen LogP contribution in [0, 0.1) is 5.82 Å². The van der Waals surface area contributed by atoms with Crippen LogP contribution in [0.25, 0.3) is 0 Å². The number of piperazine rings is 1. The van der Waals surface area contributed by atoms with E-state index in [0.717, 1.165) is 24.7 Å². The fourth-order valence-corrected chi connectivity index (χ4v) is 3.47. The fourth-order valence-electron chi connectivity index (χ4n) is 3.47. The first-order valence-electron chi connectivity index (χ1n) is 10.1. The van der Waals surface area contributed by atoms with Crippen molar-refractivity contribution >= 4 is 12.0 Å². The van der Waals surface area contributed by atoms with E-state index in [0.29, 0.717) is 31.6 Å². The third-order valence-electron chi connectivity index (χ3n) is 5.39. The Morgan fingerprint density at radius 2 is 1.77 bits per heavy atom. The van der Waals surface area contributed by atoms with Crippen LogP contribution in [0.3, 0.4) is 0 Å². The van der Waals surface area contributed by atoms with Crippen LogP contribution in [0.5, 0.6) is 0 Å². The number of halogens is 1. The lowest BCUT2D eigenvalue weighted by molar-refractivity contribution is 0.0600. The van der Waals surface area contributed by atoms with Crippen molar-refractivity contribution in [2.45, 2.75) is 13.0 Å². The molecule has 6 nitrogen and oxygen atoms in total. The summed E-state index contributed by atoms with van der Waals surface area (Å²) in [6.07, 6.45) is 0.683. The molecule has 0 unspecified atom stereocenters. The molecule has 0 aromatic heterocycles. The van der Waals surface area contributed by atoms with Gasteiger partial charge in [0.2, 0.25) is 0 Å². The number of rotatable bonds is 6. The molecule has 1 saturated heterocycles. The molecule has 30 heavy (non-hydrogen) atoms. The van der Waals surface area contributed by atoms with Gasteiger partial charge in [0.25, 0.3) is 0 Å². The molecule has 0 bridgehead atoms. The average Bonchev–Trinajstić information content (AvgIpc) is 2.77. The van der Waals surface area contributed by atoms with Crippen LogP contribution in [0.1, 0.15) is 21.5 Å². The van der Waals surface area contributed by atoms with Crippen LogP contribution in [0.4, 0.5) is 9.18 Å². The molecule has 7 heteroatoms. The van der Waals surface area contributed by atoms with Crippen LogP contribution in [-0.4, -0.2) is 73.6 Å². The zero-order valence-electron chi connectivity index (χ0n) is 17.5. The van der Waals surface area contributed by atoms with Gasteiger partial charge in [0, 0.05) is 38.3 Å². The Kier molecular flexibility index (Phi) is 7.41. The molecular weight excluding hydrogens is 385 g/mol. The summed E-state index contributed by atoms with van der Waals surface area (Å²) in [6, 6.07) is 14.1. The van der Waals surface area contributed by atoms with Gasteiger partial charge in [-0.1, -0.05) is 36.4 Å². The van der Waals surface area contributed by atoms with Gasteiger partial charge in [0.15, 0.2) is 0 Å². The highest BCUT2D eigenvalue weighted by molar-refractivity contribution is 5.89. The van der Waals surface area contributed by atoms with E-state index in [9.17, 15) is 14.0 Å². The largest absolute Gasteiger partial charge is 0.465 e. The quantitative estimate of drug-likeness (QED) is 0.683. The smallest absolute Gasteiger partial charge is 0.337 e. The number of carbonyl (C=O) groups excluding carboxylic acids is 2. The van der Waals surface area contributed by atoms with Crippen molar-refractivity contribution in [3.63, 3.8) is 0 Å². The molecule has 2 aromatic rings. The Hall–Kier alpha value is -2.93. The standard InChI is InChI=1S/C23H28FN3O3/c1-25-12-14-26(15-13-25)23(29)27(11-10-18-6-4-3-5-7-18)17-20-9-8-19(16-21(20)24)22(28)30-2/h3-9,16H,10-15,17H2,1-2H3. The Morgan fingerprint density at radius 3 is 2.40 bits per heavy atom. The monoisotopic (exact) mass is 413 g/mol. The Morgan fingerprint density at radius 1 is 1.07 bits per heavy atom. The van der Waals surface area contributed by atoms with Crippen LogP contribution in [0.15, 0.2) is 48.5 Å². The molecule has 2 amide bonds. The summed E-state index contributed by atoms with van der Waals surface area (Å²) in [7, 11) is 3.29. The number of amides is 2. The number of ether oxygens (including phenoxy) is 1. The molecule has 1 aliphatic heterocycles. The average molecular weight is 413 g/mol. The van der Waals surface area contributed by atoms with Gasteiger partial charge in [0.05, 0.1) is 19.2 Å². The Labute approximate surface area is 176 Å². The van der Waals surface area contributed by atoms with Crippen molar-refractivity contribution in [1.29, 1.82) is 0 Å². The number of hydrogen-bond donors (Lipinski definition) is 0. The number of urea groups is 1. The molecule has 3 rings (SSSR count). The number of esters is 1. The summed E-state index contributed by atoms with van der Waals surface area (Å²) in [5.74, 6) is -1.11. The molecule has 0 aliphatic carbocycles. The predicted octanol–water partition coefficient (Wildman–Crippen LogP) is 3.02. The molecule has 1 heterocycles. The topological polar surface area (TPSA) is 53.1 Å². The fraction of sp³-hybridized carbons (Fsp3) is 0.391. The molecule has 1 aliphatic rings. The van der Waals surface area contributed by atoms with E-state index in [1.165, 1.54) is 13.2 Å². The van der Waals surface area contributed by atoms with Crippen LogP contribution >= 0.6 is 0 Å². The van der Waals surface area contributed by atoms with E-state index in [1.807, 2.05) is 42.3 Å². The Bertz CT molecular complexity index is 867. The molecule has 0 spiro atoms. The van der Waals surface area contributed by atoms with Gasteiger partial charge in [-0.3, -0.25) is 0 Å². The van der Waals surface area contributed by atoms with Gasteiger partial charge in [-0.05, 0) is 31.2 Å². The minimum Gasteiger partial charge on any atom is -0.465 e. The maximum Gasteiger partial charge on any atom is 0.337 e. The molecule has 1 fully saturated rings. The first-order valence-corrected chi connectivity index (χ1v) is 10.1. The van der Waals surface area contributed by atoms with E-state index in [1.54, 1.807) is 11.0 Å². The highest BCUT2D eigenvalue weighted by Gasteiger charge is 2.25. The molecule has 0 N–H and O–H groups in total. The molecule has 2 aromatic carbocycles. The van der Waals surface area contributed by atoms with Crippen molar-refractivity contribution in [3.05, 3.63) is 71.0 Å². The van der Waals surface area contributed by atoms with Gasteiger partial charge in [-0.25, -0.2) is 14.0 Å². The van der Waals surface area contributed by atoms with Crippen molar-refractivity contribution in [1.82, 2.24) is 14.7 Å². The Balaban J connectivity index is 1.76. The SMILES string of the molecule is COC(=O)c1ccc(CN(CCc2ccccc2)C(=O)N2CCN(C)CC2)c(F)c1.